The van der Waals surface area contributed by atoms with E-state index in [2.05, 4.69) is 26.0 Å². The Labute approximate surface area is 216 Å². The third-order valence-corrected chi connectivity index (χ3v) is 6.58. The van der Waals surface area contributed by atoms with Crippen molar-refractivity contribution in [3.8, 4) is 5.75 Å². The van der Waals surface area contributed by atoms with E-state index in [4.69, 9.17) is 9.84 Å². The van der Waals surface area contributed by atoms with E-state index < -0.39 is 23.6 Å². The van der Waals surface area contributed by atoms with Crippen molar-refractivity contribution in [3.05, 3.63) is 53.2 Å². The van der Waals surface area contributed by atoms with Crippen molar-refractivity contribution < 1.29 is 33.4 Å². The second-order valence-corrected chi connectivity index (χ2v) is 9.00. The lowest BCUT2D eigenvalue weighted by atomic mass is 9.82. The summed E-state index contributed by atoms with van der Waals surface area (Å²) in [7, 11) is 1.65. The number of carbonyl (C=O) groups is 4. The molecular formula is C25H27FN6O6. The summed E-state index contributed by atoms with van der Waals surface area (Å²) in [5, 5.41) is 21.4. The SMILES string of the molecule is CNc1cc(CNC(=O)c2cc(C(=O)NCC3CCC(C(=O)O)CC3)n3ncc(F)c3n2)ccc1OC=O. The Morgan fingerprint density at radius 3 is 2.61 bits per heavy atom. The highest BCUT2D eigenvalue weighted by Gasteiger charge is 2.27. The molecule has 1 aromatic carbocycles. The molecule has 0 spiro atoms. The molecule has 0 radical (unpaired) electrons. The maximum atomic E-state index is 14.3. The Kier molecular flexibility index (Phi) is 8.14. The van der Waals surface area contributed by atoms with Crippen molar-refractivity contribution in [2.24, 2.45) is 11.8 Å². The molecule has 4 rings (SSSR count). The Balaban J connectivity index is 1.46. The van der Waals surface area contributed by atoms with E-state index in [0.29, 0.717) is 55.7 Å². The fourth-order valence-corrected chi connectivity index (χ4v) is 4.47. The van der Waals surface area contributed by atoms with E-state index in [1.807, 2.05) is 0 Å². The summed E-state index contributed by atoms with van der Waals surface area (Å²) in [6.07, 6.45) is 3.35. The highest BCUT2D eigenvalue weighted by molar-refractivity contribution is 5.98. The number of benzene rings is 1. The number of anilines is 1. The van der Waals surface area contributed by atoms with Crippen molar-refractivity contribution >= 4 is 35.6 Å². The van der Waals surface area contributed by atoms with E-state index in [1.165, 1.54) is 6.07 Å². The highest BCUT2D eigenvalue weighted by atomic mass is 19.1. The normalized spacial score (nSPS) is 17.0. The zero-order chi connectivity index (χ0) is 27.2. The van der Waals surface area contributed by atoms with E-state index in [1.54, 1.807) is 25.2 Å². The molecule has 200 valence electrons. The molecule has 13 heteroatoms. The number of ether oxygens (including phenoxy) is 1. The number of nitrogens with one attached hydrogen (secondary N) is 3. The minimum Gasteiger partial charge on any atom is -0.481 e. The van der Waals surface area contributed by atoms with Crippen LogP contribution in [-0.2, 0) is 16.1 Å². The van der Waals surface area contributed by atoms with Gasteiger partial charge in [0.1, 0.15) is 11.4 Å². The van der Waals surface area contributed by atoms with Gasteiger partial charge >= 0.3 is 5.97 Å². The molecule has 3 aromatic rings. The summed E-state index contributed by atoms with van der Waals surface area (Å²) >= 11 is 0. The van der Waals surface area contributed by atoms with E-state index >= 15 is 0 Å². The number of rotatable bonds is 10. The summed E-state index contributed by atoms with van der Waals surface area (Å²) in [5.41, 5.74) is 0.737. The molecule has 1 saturated carbocycles. The number of hydrogen-bond acceptors (Lipinski definition) is 8. The average molecular weight is 527 g/mol. The van der Waals surface area contributed by atoms with Crippen molar-refractivity contribution in [1.82, 2.24) is 25.2 Å². The molecule has 0 aliphatic heterocycles. The van der Waals surface area contributed by atoms with E-state index in [0.717, 1.165) is 10.7 Å². The number of hydrogen-bond donors (Lipinski definition) is 4. The summed E-state index contributed by atoms with van der Waals surface area (Å²) in [4.78, 5) is 51.7. The molecule has 2 amide bonds. The fourth-order valence-electron chi connectivity index (χ4n) is 4.47. The number of amides is 2. The third kappa shape index (κ3) is 5.88. The van der Waals surface area contributed by atoms with Crippen LogP contribution >= 0.6 is 0 Å². The number of aliphatic carboxylic acids is 1. The lowest BCUT2D eigenvalue weighted by molar-refractivity contribution is -0.143. The van der Waals surface area contributed by atoms with Crippen LogP contribution in [0, 0.1) is 17.7 Å². The van der Waals surface area contributed by atoms with Crippen LogP contribution in [-0.4, -0.2) is 57.6 Å². The average Bonchev–Trinajstić information content (AvgIpc) is 3.31. The molecule has 2 aromatic heterocycles. The summed E-state index contributed by atoms with van der Waals surface area (Å²) < 4.78 is 20.3. The highest BCUT2D eigenvalue weighted by Crippen LogP contribution is 2.28. The summed E-state index contributed by atoms with van der Waals surface area (Å²) in [6, 6.07) is 6.17. The van der Waals surface area contributed by atoms with Crippen molar-refractivity contribution in [2.45, 2.75) is 32.2 Å². The second-order valence-electron chi connectivity index (χ2n) is 9.00. The topological polar surface area (TPSA) is 164 Å². The first kappa shape index (κ1) is 26.5. The van der Waals surface area contributed by atoms with Crippen molar-refractivity contribution in [2.75, 3.05) is 18.9 Å². The van der Waals surface area contributed by atoms with Crippen LogP contribution in [0.25, 0.3) is 5.65 Å². The minimum absolute atomic E-state index is 0.0592. The summed E-state index contributed by atoms with van der Waals surface area (Å²) in [5.74, 6) is -2.69. The Bertz CT molecular complexity index is 1370. The Morgan fingerprint density at radius 2 is 1.92 bits per heavy atom. The second kappa shape index (κ2) is 11.7. The molecule has 0 atom stereocenters. The Hall–Kier alpha value is -4.55. The van der Waals surface area contributed by atoms with Gasteiger partial charge in [-0.25, -0.2) is 13.9 Å². The van der Waals surface area contributed by atoms with Gasteiger partial charge in [-0.05, 0) is 49.3 Å². The molecule has 4 N–H and O–H groups in total. The first-order valence-corrected chi connectivity index (χ1v) is 12.0. The molecule has 0 unspecified atom stereocenters. The number of aromatic nitrogens is 3. The Morgan fingerprint density at radius 1 is 1.16 bits per heavy atom. The van der Waals surface area contributed by atoms with Crippen molar-refractivity contribution in [1.29, 1.82) is 0 Å². The lowest BCUT2D eigenvalue weighted by Gasteiger charge is -2.26. The third-order valence-electron chi connectivity index (χ3n) is 6.58. The standard InChI is InChI=1S/C25H27FN6O6/c1-27-18-8-15(4-7-21(18)38-13-33)11-28-23(34)19-9-20(32-22(31-19)17(26)12-30-32)24(35)29-10-14-2-5-16(6-3-14)25(36)37/h4,7-9,12-14,16,27H,2-3,5-6,10-11H2,1H3,(H,28,34)(H,29,35)(H,36,37). The van der Waals surface area contributed by atoms with Gasteiger partial charge in [-0.15, -0.1) is 0 Å². The van der Waals surface area contributed by atoms with Gasteiger partial charge < -0.3 is 25.8 Å². The summed E-state index contributed by atoms with van der Waals surface area (Å²) in [6.45, 7) is 0.717. The molecule has 0 bridgehead atoms. The van der Waals surface area contributed by atoms with Gasteiger partial charge in [0.05, 0.1) is 17.8 Å². The van der Waals surface area contributed by atoms with Gasteiger partial charge in [0.25, 0.3) is 18.3 Å². The minimum atomic E-state index is -0.801. The number of carbonyl (C=O) groups excluding carboxylic acids is 3. The van der Waals surface area contributed by atoms with Crippen LogP contribution < -0.4 is 20.7 Å². The lowest BCUT2D eigenvalue weighted by Crippen LogP contribution is -2.34. The predicted molar refractivity (Wildman–Crippen MR) is 132 cm³/mol. The number of carboxylic acid groups (broad SMARTS) is 1. The molecule has 1 aliphatic rings. The molecule has 38 heavy (non-hydrogen) atoms. The largest absolute Gasteiger partial charge is 0.481 e. The zero-order valence-electron chi connectivity index (χ0n) is 20.6. The van der Waals surface area contributed by atoms with Crippen LogP contribution in [0.15, 0.2) is 30.5 Å². The molecule has 12 nitrogen and oxygen atoms in total. The smallest absolute Gasteiger partial charge is 0.306 e. The zero-order valence-corrected chi connectivity index (χ0v) is 20.6. The van der Waals surface area contributed by atoms with Gasteiger partial charge in [-0.3, -0.25) is 19.2 Å². The van der Waals surface area contributed by atoms with Crippen molar-refractivity contribution in [3.63, 3.8) is 0 Å². The van der Waals surface area contributed by atoms with Crippen LogP contribution in [0.5, 0.6) is 5.75 Å². The van der Waals surface area contributed by atoms with Crippen LogP contribution in [0.3, 0.4) is 0 Å². The molecule has 1 fully saturated rings. The molecule has 1 aliphatic carbocycles. The van der Waals surface area contributed by atoms with Crippen LogP contribution in [0.1, 0.15) is 52.2 Å². The van der Waals surface area contributed by atoms with E-state index in [-0.39, 0.29) is 35.4 Å². The number of carboxylic acids is 1. The molecule has 2 heterocycles. The monoisotopic (exact) mass is 526 g/mol. The first-order chi connectivity index (χ1) is 18.3. The van der Waals surface area contributed by atoms with Gasteiger partial charge in [0.15, 0.2) is 17.2 Å². The van der Waals surface area contributed by atoms with Gasteiger partial charge in [0.2, 0.25) is 0 Å². The van der Waals surface area contributed by atoms with Gasteiger partial charge in [-0.1, -0.05) is 6.07 Å². The fraction of sp³-hybridized carbons (Fsp3) is 0.360. The predicted octanol–water partition coefficient (Wildman–Crippen LogP) is 2.00. The maximum absolute atomic E-state index is 14.3. The first-order valence-electron chi connectivity index (χ1n) is 12.0. The number of halogens is 1. The number of nitrogens with zero attached hydrogens (tertiary/aromatic N) is 3. The van der Waals surface area contributed by atoms with Crippen LogP contribution in [0.4, 0.5) is 10.1 Å². The van der Waals surface area contributed by atoms with E-state index in [9.17, 15) is 23.6 Å². The van der Waals surface area contributed by atoms with Gasteiger partial charge in [-0.2, -0.15) is 5.10 Å². The molecule has 0 saturated heterocycles. The number of fused-ring (bicyclic) bond motifs is 1. The maximum Gasteiger partial charge on any atom is 0.306 e. The van der Waals surface area contributed by atoms with Gasteiger partial charge in [0, 0.05) is 26.2 Å². The van der Waals surface area contributed by atoms with Crippen LogP contribution in [0.2, 0.25) is 0 Å². The quantitative estimate of drug-likeness (QED) is 0.289. The molecular weight excluding hydrogens is 499 g/mol.